The Balaban J connectivity index is 2.33. The van der Waals surface area contributed by atoms with Gasteiger partial charge in [0.15, 0.2) is 29.5 Å². The third-order valence-corrected chi connectivity index (χ3v) is 3.56. The van der Waals surface area contributed by atoms with E-state index in [1.807, 2.05) is 0 Å². The van der Waals surface area contributed by atoms with Gasteiger partial charge in [-0.05, 0) is 24.3 Å². The molecule has 0 radical (unpaired) electrons. The zero-order chi connectivity index (χ0) is 15.0. The van der Waals surface area contributed by atoms with Crippen LogP contribution in [0.15, 0.2) is 30.3 Å². The molecule has 0 spiro atoms. The number of nitrogens with zero attached hydrogens (tertiary/aromatic N) is 3. The first-order valence-corrected chi connectivity index (χ1v) is 6.88. The van der Waals surface area contributed by atoms with Gasteiger partial charge in [-0.2, -0.15) is 9.19 Å². The van der Waals surface area contributed by atoms with Crippen LogP contribution in [0.3, 0.4) is 0 Å². The molecule has 3 aromatic rings. The third-order valence-electron chi connectivity index (χ3n) is 2.96. The predicted octanol–water partition coefficient (Wildman–Crippen LogP) is 4.28. The fourth-order valence-corrected chi connectivity index (χ4v) is 2.56. The molecule has 0 unspecified atom stereocenters. The van der Waals surface area contributed by atoms with E-state index in [1.54, 1.807) is 18.2 Å². The number of hydrogen-bond donors (Lipinski definition) is 0. The van der Waals surface area contributed by atoms with Crippen LogP contribution in [0.1, 0.15) is 0 Å². The Hall–Kier alpha value is -1.86. The predicted molar refractivity (Wildman–Crippen MR) is 78.6 cm³/mol. The van der Waals surface area contributed by atoms with Crippen molar-refractivity contribution in [1.29, 1.82) is 0 Å². The standard InChI is InChI=1S/C13H8ClF2N3OS/c1-20-12-7(3-2-4-9(12)15)11-8-5-6-10(14)17-13(8)19(18-11)21-16/h2-6H,1H3. The minimum absolute atomic E-state index is 0.0443. The first-order valence-electron chi connectivity index (χ1n) is 5.83. The van der Waals surface area contributed by atoms with Crippen LogP contribution in [0.25, 0.3) is 22.3 Å². The van der Waals surface area contributed by atoms with Crippen LogP contribution < -0.4 is 4.74 Å². The number of aromatic nitrogens is 3. The van der Waals surface area contributed by atoms with Gasteiger partial charge in [-0.15, -0.1) is 3.89 Å². The molecule has 4 nitrogen and oxygen atoms in total. The molecule has 0 saturated heterocycles. The molecule has 2 heterocycles. The zero-order valence-electron chi connectivity index (χ0n) is 10.7. The van der Waals surface area contributed by atoms with E-state index in [4.69, 9.17) is 16.3 Å². The van der Waals surface area contributed by atoms with Crippen molar-refractivity contribution in [2.45, 2.75) is 0 Å². The van der Waals surface area contributed by atoms with E-state index in [2.05, 4.69) is 10.1 Å². The van der Waals surface area contributed by atoms with Gasteiger partial charge in [0.2, 0.25) is 0 Å². The molecule has 0 amide bonds. The molecular weight excluding hydrogens is 320 g/mol. The van der Waals surface area contributed by atoms with E-state index in [0.717, 1.165) is 4.09 Å². The van der Waals surface area contributed by atoms with Crippen LogP contribution in [0.4, 0.5) is 8.28 Å². The molecule has 8 heteroatoms. The van der Waals surface area contributed by atoms with E-state index in [0.29, 0.717) is 16.6 Å². The van der Waals surface area contributed by atoms with Gasteiger partial charge in [0.1, 0.15) is 10.8 Å². The van der Waals surface area contributed by atoms with E-state index in [-0.39, 0.29) is 28.9 Å². The number of hydrogen-bond acceptors (Lipinski definition) is 4. The Morgan fingerprint density at radius 2 is 2.10 bits per heavy atom. The summed E-state index contributed by atoms with van der Waals surface area (Å²) >= 11 is 5.71. The highest BCUT2D eigenvalue weighted by Gasteiger charge is 2.19. The van der Waals surface area contributed by atoms with Crippen molar-refractivity contribution in [3.63, 3.8) is 0 Å². The van der Waals surface area contributed by atoms with Gasteiger partial charge < -0.3 is 4.74 Å². The molecule has 0 bridgehead atoms. The fourth-order valence-electron chi connectivity index (χ4n) is 2.10. The second-order valence-corrected chi connectivity index (χ2v) is 4.99. The molecule has 21 heavy (non-hydrogen) atoms. The lowest BCUT2D eigenvalue weighted by Gasteiger charge is -2.07. The highest BCUT2D eigenvalue weighted by Crippen LogP contribution is 2.36. The normalized spacial score (nSPS) is 11.0. The lowest BCUT2D eigenvalue weighted by Crippen LogP contribution is -1.93. The Morgan fingerprint density at radius 1 is 1.29 bits per heavy atom. The summed E-state index contributed by atoms with van der Waals surface area (Å²) in [6.07, 6.45) is 0. The monoisotopic (exact) mass is 327 g/mol. The number of halogens is 3. The number of ether oxygens (including phenoxy) is 1. The third kappa shape index (κ3) is 2.32. The van der Waals surface area contributed by atoms with Crippen molar-refractivity contribution >= 4 is 35.0 Å². The molecule has 0 aliphatic rings. The number of rotatable bonds is 3. The Kier molecular flexibility index (Phi) is 3.69. The number of para-hydroxylation sites is 1. The van der Waals surface area contributed by atoms with Crippen molar-refractivity contribution in [2.24, 2.45) is 0 Å². The van der Waals surface area contributed by atoms with Gasteiger partial charge >= 0.3 is 0 Å². The van der Waals surface area contributed by atoms with Gasteiger partial charge in [0, 0.05) is 10.9 Å². The lowest BCUT2D eigenvalue weighted by atomic mass is 10.1. The molecule has 108 valence electrons. The summed E-state index contributed by atoms with van der Waals surface area (Å²) in [6.45, 7) is 0. The summed E-state index contributed by atoms with van der Waals surface area (Å²) in [5.74, 6) is -0.476. The molecule has 0 aliphatic heterocycles. The molecular formula is C13H8ClF2N3OS. The van der Waals surface area contributed by atoms with Crippen LogP contribution in [0, 0.1) is 5.82 Å². The van der Waals surface area contributed by atoms with Crippen molar-refractivity contribution in [3.05, 3.63) is 41.3 Å². The van der Waals surface area contributed by atoms with Gasteiger partial charge in [-0.3, -0.25) is 0 Å². The quantitative estimate of drug-likeness (QED) is 0.673. The van der Waals surface area contributed by atoms with Gasteiger partial charge in [-0.25, -0.2) is 9.37 Å². The van der Waals surface area contributed by atoms with Crippen molar-refractivity contribution < 1.29 is 13.0 Å². The molecule has 3 rings (SSSR count). The maximum Gasteiger partial charge on any atom is 0.189 e. The molecule has 0 fully saturated rings. The molecule has 0 saturated carbocycles. The minimum atomic E-state index is -0.521. The van der Waals surface area contributed by atoms with Crippen LogP contribution in [-0.4, -0.2) is 21.3 Å². The molecule has 0 aliphatic carbocycles. The summed E-state index contributed by atoms with van der Waals surface area (Å²) in [5.41, 5.74) is 1.05. The van der Waals surface area contributed by atoms with Crippen molar-refractivity contribution in [1.82, 2.24) is 14.2 Å². The Labute approximate surface area is 128 Å². The summed E-state index contributed by atoms with van der Waals surface area (Å²) in [6, 6.07) is 7.67. The molecule has 0 N–H and O–H groups in total. The molecule has 0 atom stereocenters. The van der Waals surface area contributed by atoms with Crippen LogP contribution in [0.5, 0.6) is 5.75 Å². The zero-order valence-corrected chi connectivity index (χ0v) is 12.3. The largest absolute Gasteiger partial charge is 0.493 e. The average Bonchev–Trinajstić information content (AvgIpc) is 2.84. The van der Waals surface area contributed by atoms with Crippen molar-refractivity contribution in [3.8, 4) is 17.0 Å². The van der Waals surface area contributed by atoms with E-state index in [1.165, 1.54) is 19.2 Å². The van der Waals surface area contributed by atoms with Crippen LogP contribution in [0.2, 0.25) is 5.15 Å². The van der Waals surface area contributed by atoms with Gasteiger partial charge in [0.25, 0.3) is 0 Å². The average molecular weight is 328 g/mol. The summed E-state index contributed by atoms with van der Waals surface area (Å²) in [5, 5.41) is 4.87. The Morgan fingerprint density at radius 3 is 2.81 bits per heavy atom. The summed E-state index contributed by atoms with van der Waals surface area (Å²) < 4.78 is 32.9. The number of methoxy groups -OCH3 is 1. The summed E-state index contributed by atoms with van der Waals surface area (Å²) in [4.78, 5) is 4.04. The van der Waals surface area contributed by atoms with Crippen LogP contribution >= 0.6 is 23.9 Å². The van der Waals surface area contributed by atoms with E-state index < -0.39 is 5.82 Å². The number of fused-ring (bicyclic) bond motifs is 1. The first-order chi connectivity index (χ1) is 10.2. The Bertz CT molecular complexity index is 825. The lowest BCUT2D eigenvalue weighted by molar-refractivity contribution is 0.388. The fraction of sp³-hybridized carbons (Fsp3) is 0.0769. The molecule has 2 aromatic heterocycles. The smallest absolute Gasteiger partial charge is 0.189 e. The number of pyridine rings is 1. The van der Waals surface area contributed by atoms with Gasteiger partial charge in [-0.1, -0.05) is 17.7 Å². The minimum Gasteiger partial charge on any atom is -0.493 e. The van der Waals surface area contributed by atoms with Gasteiger partial charge in [0.05, 0.1) is 7.11 Å². The second kappa shape index (κ2) is 5.50. The highest BCUT2D eigenvalue weighted by molar-refractivity contribution is 7.92. The van der Waals surface area contributed by atoms with E-state index >= 15 is 0 Å². The molecule has 1 aromatic carbocycles. The maximum atomic E-state index is 13.8. The number of benzene rings is 1. The first kappa shape index (κ1) is 14.1. The van der Waals surface area contributed by atoms with Crippen LogP contribution in [-0.2, 0) is 0 Å². The summed E-state index contributed by atoms with van der Waals surface area (Å²) in [7, 11) is 1.36. The van der Waals surface area contributed by atoms with E-state index in [9.17, 15) is 8.28 Å². The highest BCUT2D eigenvalue weighted by atomic mass is 35.5. The second-order valence-electron chi connectivity index (χ2n) is 4.12. The SMILES string of the molecule is COc1c(F)cccc1-c1nn(SF)c2nc(Cl)ccc12. The van der Waals surface area contributed by atoms with Crippen molar-refractivity contribution in [2.75, 3.05) is 7.11 Å². The topological polar surface area (TPSA) is 39.9 Å². The maximum absolute atomic E-state index is 13.8.